The van der Waals surface area contributed by atoms with Gasteiger partial charge in [0, 0.05) is 24.7 Å². The number of carbonyl (C=O) groups excluding carboxylic acids is 1. The summed E-state index contributed by atoms with van der Waals surface area (Å²) in [5.74, 6) is 0.233. The summed E-state index contributed by atoms with van der Waals surface area (Å²) in [6.07, 6.45) is 5.55. The molecule has 2 N–H and O–H groups in total. The third-order valence-corrected chi connectivity index (χ3v) is 4.36. The summed E-state index contributed by atoms with van der Waals surface area (Å²) in [6, 6.07) is 7.43. The van der Waals surface area contributed by atoms with Gasteiger partial charge in [0.25, 0.3) is 5.91 Å². The number of rotatable bonds is 5. The maximum Gasteiger partial charge on any atom is 0.253 e. The van der Waals surface area contributed by atoms with Crippen LogP contribution in [0.3, 0.4) is 0 Å². The second-order valence-corrected chi connectivity index (χ2v) is 5.92. The third kappa shape index (κ3) is 4.21. The monoisotopic (exact) mass is 290 g/mol. The lowest BCUT2D eigenvalue weighted by Crippen LogP contribution is -2.43. The Bertz CT molecular complexity index is 450. The number of hydrogen-bond acceptors (Lipinski definition) is 3. The molecule has 0 radical (unpaired) electrons. The van der Waals surface area contributed by atoms with E-state index in [1.54, 1.807) is 24.3 Å². The SMILES string of the molecule is CCCNC1CCC(N(C)C(=O)c2ccc(O)cc2)CC1. The van der Waals surface area contributed by atoms with Gasteiger partial charge in [0.15, 0.2) is 0 Å². The topological polar surface area (TPSA) is 52.6 Å². The van der Waals surface area contributed by atoms with Crippen LogP contribution >= 0.6 is 0 Å². The number of nitrogens with one attached hydrogen (secondary N) is 1. The van der Waals surface area contributed by atoms with Gasteiger partial charge in [-0.2, -0.15) is 0 Å². The molecule has 2 rings (SSSR count). The van der Waals surface area contributed by atoms with Crippen LogP contribution in [0.25, 0.3) is 0 Å². The van der Waals surface area contributed by atoms with E-state index in [0.29, 0.717) is 17.6 Å². The number of hydrogen-bond donors (Lipinski definition) is 2. The molecule has 21 heavy (non-hydrogen) atoms. The molecule has 0 spiro atoms. The van der Waals surface area contributed by atoms with E-state index in [1.807, 2.05) is 11.9 Å². The first-order valence-corrected chi connectivity index (χ1v) is 7.91. The molecule has 1 aliphatic rings. The van der Waals surface area contributed by atoms with Crippen LogP contribution in [-0.2, 0) is 0 Å². The van der Waals surface area contributed by atoms with Crippen LogP contribution in [0.1, 0.15) is 49.4 Å². The number of phenols is 1. The van der Waals surface area contributed by atoms with Gasteiger partial charge in [-0.25, -0.2) is 0 Å². The van der Waals surface area contributed by atoms with Crippen LogP contribution in [0.4, 0.5) is 0 Å². The van der Waals surface area contributed by atoms with Crippen LogP contribution in [0, 0.1) is 0 Å². The van der Waals surface area contributed by atoms with E-state index in [2.05, 4.69) is 12.2 Å². The minimum atomic E-state index is 0.0416. The summed E-state index contributed by atoms with van der Waals surface area (Å²) >= 11 is 0. The van der Waals surface area contributed by atoms with Crippen molar-refractivity contribution in [3.8, 4) is 5.75 Å². The van der Waals surface area contributed by atoms with Crippen LogP contribution in [0.5, 0.6) is 5.75 Å². The summed E-state index contributed by atoms with van der Waals surface area (Å²) in [5.41, 5.74) is 0.640. The smallest absolute Gasteiger partial charge is 0.253 e. The Morgan fingerprint density at radius 2 is 1.86 bits per heavy atom. The van der Waals surface area contributed by atoms with Crippen molar-refractivity contribution in [1.82, 2.24) is 10.2 Å². The average molecular weight is 290 g/mol. The van der Waals surface area contributed by atoms with Gasteiger partial charge in [-0.1, -0.05) is 6.92 Å². The Balaban J connectivity index is 1.88. The minimum absolute atomic E-state index is 0.0416. The Hall–Kier alpha value is -1.55. The Kier molecular flexibility index (Phi) is 5.62. The zero-order valence-corrected chi connectivity index (χ0v) is 13.0. The molecular weight excluding hydrogens is 264 g/mol. The highest BCUT2D eigenvalue weighted by atomic mass is 16.3. The van der Waals surface area contributed by atoms with E-state index < -0.39 is 0 Å². The van der Waals surface area contributed by atoms with Gasteiger partial charge in [0.1, 0.15) is 5.75 Å². The molecule has 1 amide bonds. The van der Waals surface area contributed by atoms with Crippen molar-refractivity contribution in [1.29, 1.82) is 0 Å². The van der Waals surface area contributed by atoms with Crippen molar-refractivity contribution in [3.05, 3.63) is 29.8 Å². The van der Waals surface area contributed by atoms with E-state index in [-0.39, 0.29) is 11.7 Å². The van der Waals surface area contributed by atoms with Crippen LogP contribution in [0.2, 0.25) is 0 Å². The fraction of sp³-hybridized carbons (Fsp3) is 0.588. The molecule has 0 aromatic heterocycles. The van der Waals surface area contributed by atoms with Crippen LogP contribution < -0.4 is 5.32 Å². The number of phenolic OH excluding ortho intramolecular Hbond substituents is 1. The Morgan fingerprint density at radius 1 is 1.24 bits per heavy atom. The molecular formula is C17H26N2O2. The van der Waals surface area contributed by atoms with E-state index in [4.69, 9.17) is 0 Å². The highest BCUT2D eigenvalue weighted by Crippen LogP contribution is 2.24. The lowest BCUT2D eigenvalue weighted by molar-refractivity contribution is 0.0684. The van der Waals surface area contributed by atoms with Crippen molar-refractivity contribution in [3.63, 3.8) is 0 Å². The summed E-state index contributed by atoms with van der Waals surface area (Å²) in [6.45, 7) is 3.26. The summed E-state index contributed by atoms with van der Waals surface area (Å²) in [4.78, 5) is 14.3. The summed E-state index contributed by atoms with van der Waals surface area (Å²) in [7, 11) is 1.89. The maximum atomic E-state index is 12.4. The van der Waals surface area contributed by atoms with Crippen molar-refractivity contribution in [2.45, 2.75) is 51.1 Å². The number of nitrogens with zero attached hydrogens (tertiary/aromatic N) is 1. The van der Waals surface area contributed by atoms with Crippen molar-refractivity contribution >= 4 is 5.91 Å². The molecule has 0 atom stereocenters. The van der Waals surface area contributed by atoms with E-state index in [0.717, 1.165) is 32.2 Å². The zero-order chi connectivity index (χ0) is 15.2. The molecule has 0 unspecified atom stereocenters. The first-order chi connectivity index (χ1) is 10.1. The molecule has 1 fully saturated rings. The lowest BCUT2D eigenvalue weighted by Gasteiger charge is -2.35. The molecule has 0 heterocycles. The highest BCUT2D eigenvalue weighted by Gasteiger charge is 2.26. The second-order valence-electron chi connectivity index (χ2n) is 5.92. The van der Waals surface area contributed by atoms with Crippen molar-refractivity contribution in [2.24, 2.45) is 0 Å². The van der Waals surface area contributed by atoms with Gasteiger partial charge in [-0.05, 0) is 62.9 Å². The molecule has 0 aliphatic heterocycles. The molecule has 116 valence electrons. The van der Waals surface area contributed by atoms with E-state index in [9.17, 15) is 9.90 Å². The van der Waals surface area contributed by atoms with Gasteiger partial charge in [0.2, 0.25) is 0 Å². The fourth-order valence-electron chi connectivity index (χ4n) is 2.99. The normalized spacial score (nSPS) is 22.0. The molecule has 0 saturated heterocycles. The van der Waals surface area contributed by atoms with E-state index >= 15 is 0 Å². The summed E-state index contributed by atoms with van der Waals surface area (Å²) < 4.78 is 0. The molecule has 1 aromatic carbocycles. The average Bonchev–Trinajstić information content (AvgIpc) is 2.53. The third-order valence-electron chi connectivity index (χ3n) is 4.36. The molecule has 0 bridgehead atoms. The Morgan fingerprint density at radius 3 is 2.43 bits per heavy atom. The maximum absolute atomic E-state index is 12.4. The molecule has 1 aliphatic carbocycles. The van der Waals surface area contributed by atoms with Gasteiger partial charge in [-0.15, -0.1) is 0 Å². The quantitative estimate of drug-likeness (QED) is 0.876. The molecule has 1 aromatic rings. The molecule has 4 heteroatoms. The van der Waals surface area contributed by atoms with Crippen molar-refractivity contribution in [2.75, 3.05) is 13.6 Å². The first-order valence-electron chi connectivity index (χ1n) is 7.91. The van der Waals surface area contributed by atoms with Crippen molar-refractivity contribution < 1.29 is 9.90 Å². The largest absolute Gasteiger partial charge is 0.508 e. The first kappa shape index (κ1) is 15.8. The fourth-order valence-corrected chi connectivity index (χ4v) is 2.99. The number of carbonyl (C=O) groups is 1. The van der Waals surface area contributed by atoms with Crippen LogP contribution in [-0.4, -0.2) is 41.6 Å². The summed E-state index contributed by atoms with van der Waals surface area (Å²) in [5, 5.41) is 12.9. The van der Waals surface area contributed by atoms with Crippen LogP contribution in [0.15, 0.2) is 24.3 Å². The zero-order valence-electron chi connectivity index (χ0n) is 13.0. The van der Waals surface area contributed by atoms with Gasteiger partial charge in [-0.3, -0.25) is 4.79 Å². The minimum Gasteiger partial charge on any atom is -0.508 e. The molecule has 4 nitrogen and oxygen atoms in total. The lowest BCUT2D eigenvalue weighted by atomic mass is 9.90. The number of aromatic hydroxyl groups is 1. The van der Waals surface area contributed by atoms with Gasteiger partial charge < -0.3 is 15.3 Å². The predicted molar refractivity (Wildman–Crippen MR) is 84.5 cm³/mol. The van der Waals surface area contributed by atoms with Gasteiger partial charge in [0.05, 0.1) is 0 Å². The predicted octanol–water partition coefficient (Wildman–Crippen LogP) is 2.78. The number of benzene rings is 1. The second kappa shape index (κ2) is 7.46. The van der Waals surface area contributed by atoms with Gasteiger partial charge >= 0.3 is 0 Å². The molecule has 1 saturated carbocycles. The Labute approximate surface area is 127 Å². The van der Waals surface area contributed by atoms with E-state index in [1.165, 1.54) is 6.42 Å². The number of amides is 1. The standard InChI is InChI=1S/C17H26N2O2/c1-3-12-18-14-6-8-15(9-7-14)19(2)17(21)13-4-10-16(20)11-5-13/h4-5,10-11,14-15,18,20H,3,6-9,12H2,1-2H3. The highest BCUT2D eigenvalue weighted by molar-refractivity contribution is 5.94.